The molecule has 2 unspecified atom stereocenters. The third-order valence-corrected chi connectivity index (χ3v) is 6.67. The van der Waals surface area contributed by atoms with Crippen LogP contribution in [-0.4, -0.2) is 68.3 Å². The molecular weight excluding hydrogens is 378 g/mol. The van der Waals surface area contributed by atoms with Crippen LogP contribution in [0.1, 0.15) is 57.8 Å². The Morgan fingerprint density at radius 3 is 2.21 bits per heavy atom. The summed E-state index contributed by atoms with van der Waals surface area (Å²) in [7, 11) is 0. The van der Waals surface area contributed by atoms with Gasteiger partial charge < -0.3 is 25.5 Å². The molecule has 1 aliphatic heterocycles. The van der Waals surface area contributed by atoms with Crippen LogP contribution in [0.15, 0.2) is 0 Å². The van der Waals surface area contributed by atoms with Crippen LogP contribution in [0.2, 0.25) is 0 Å². The summed E-state index contributed by atoms with van der Waals surface area (Å²) in [6, 6.07) is 1.99. The summed E-state index contributed by atoms with van der Waals surface area (Å²) in [5, 5.41) is 38.8. The zero-order valence-corrected chi connectivity index (χ0v) is 16.5. The van der Waals surface area contributed by atoms with Crippen molar-refractivity contribution in [3.8, 4) is 6.07 Å². The number of amides is 1. The van der Waals surface area contributed by atoms with Gasteiger partial charge in [0, 0.05) is 12.1 Å². The van der Waals surface area contributed by atoms with Crippen molar-refractivity contribution in [2.45, 2.75) is 75.0 Å². The highest BCUT2D eigenvalue weighted by Crippen LogP contribution is 2.57. The molecule has 5 fully saturated rings. The fourth-order valence-corrected chi connectivity index (χ4v) is 6.11. The Balaban J connectivity index is 0.000000298. The molecule has 1 amide bonds. The van der Waals surface area contributed by atoms with Gasteiger partial charge in [-0.05, 0) is 63.2 Å². The van der Waals surface area contributed by atoms with Gasteiger partial charge in [-0.15, -0.1) is 0 Å². The first kappa shape index (κ1) is 21.5. The number of nitrogens with zero attached hydrogens (tertiary/aromatic N) is 2. The molecule has 1 heterocycles. The molecule has 0 radical (unpaired) electrons. The maximum atomic E-state index is 12.4. The molecule has 3 atom stereocenters. The van der Waals surface area contributed by atoms with Crippen LogP contribution in [0.3, 0.4) is 0 Å². The molecular formula is C20H29N3O6. The van der Waals surface area contributed by atoms with Gasteiger partial charge in [0.15, 0.2) is 0 Å². The maximum Gasteiger partial charge on any atom is 0.314 e. The Morgan fingerprint density at radius 1 is 1.10 bits per heavy atom. The average Bonchev–Trinajstić information content (AvgIpc) is 3.05. The van der Waals surface area contributed by atoms with Gasteiger partial charge in [0.25, 0.3) is 0 Å². The van der Waals surface area contributed by atoms with Gasteiger partial charge in [0.1, 0.15) is 12.5 Å². The predicted molar refractivity (Wildman–Crippen MR) is 101 cm³/mol. The molecule has 0 aromatic carbocycles. The molecule has 0 spiro atoms. The SMILES string of the molecule is N#C[C@@H]1CCCN1C(=O)CNC12CC3CC(CC(O)(C3)C1)C2.O=C(O)CC(=O)O. The highest BCUT2D eigenvalue weighted by Gasteiger charge is 2.57. The second-order valence-corrected chi connectivity index (χ2v) is 9.16. The van der Waals surface area contributed by atoms with Gasteiger partial charge in [-0.2, -0.15) is 5.26 Å². The molecule has 4 N–H and O–H groups in total. The van der Waals surface area contributed by atoms with Crippen LogP contribution >= 0.6 is 0 Å². The topological polar surface area (TPSA) is 151 Å². The predicted octanol–water partition coefficient (Wildman–Crippen LogP) is 0.720. The minimum Gasteiger partial charge on any atom is -0.481 e. The molecule has 29 heavy (non-hydrogen) atoms. The van der Waals surface area contributed by atoms with Gasteiger partial charge in [0.2, 0.25) is 5.91 Å². The first-order valence-electron chi connectivity index (χ1n) is 10.2. The van der Waals surface area contributed by atoms with Gasteiger partial charge in [-0.1, -0.05) is 0 Å². The number of carbonyl (C=O) groups excluding carboxylic acids is 1. The third kappa shape index (κ3) is 5.06. The molecule has 9 heteroatoms. The van der Waals surface area contributed by atoms with Crippen LogP contribution in [0.4, 0.5) is 0 Å². The normalized spacial score (nSPS) is 36.8. The quantitative estimate of drug-likeness (QED) is 0.487. The van der Waals surface area contributed by atoms with E-state index in [0.29, 0.717) is 24.9 Å². The lowest BCUT2D eigenvalue weighted by molar-refractivity contribution is -0.147. The number of nitriles is 1. The summed E-state index contributed by atoms with van der Waals surface area (Å²) >= 11 is 0. The Kier molecular flexibility index (Phi) is 6.15. The Labute approximate surface area is 169 Å². The van der Waals surface area contributed by atoms with Crippen LogP contribution in [0, 0.1) is 23.2 Å². The molecule has 160 valence electrons. The highest BCUT2D eigenvalue weighted by molar-refractivity contribution is 5.88. The number of hydrogen-bond acceptors (Lipinski definition) is 6. The second kappa shape index (κ2) is 8.28. The lowest BCUT2D eigenvalue weighted by Gasteiger charge is -2.60. The third-order valence-electron chi connectivity index (χ3n) is 6.67. The van der Waals surface area contributed by atoms with Crippen molar-refractivity contribution in [1.82, 2.24) is 10.2 Å². The summed E-state index contributed by atoms with van der Waals surface area (Å²) in [4.78, 5) is 33.0. The molecule has 0 aromatic rings. The van der Waals surface area contributed by atoms with Crippen LogP contribution in [0.25, 0.3) is 0 Å². The fraction of sp³-hybridized carbons (Fsp3) is 0.800. The summed E-state index contributed by atoms with van der Waals surface area (Å²) < 4.78 is 0. The second-order valence-electron chi connectivity index (χ2n) is 9.16. The number of aliphatic carboxylic acids is 2. The standard InChI is InChI=1S/C17H25N3O2.C3H4O4/c18-9-14-2-1-3-20(14)15(21)10-19-16-5-12-4-13(6-16)8-17(22,7-12)11-16;4-2(5)1-3(6)7/h12-14,19,22H,1-8,10-11H2;1H2,(H,4,5)(H,6,7)/t12?,13?,14-,16?,17?;/m0./s1. The number of carboxylic acid groups (broad SMARTS) is 2. The zero-order chi connectivity index (χ0) is 21.2. The van der Waals surface area contributed by atoms with E-state index in [9.17, 15) is 19.5 Å². The fourth-order valence-electron chi connectivity index (χ4n) is 6.11. The Bertz CT molecular complexity index is 691. The van der Waals surface area contributed by atoms with Gasteiger partial charge in [-0.3, -0.25) is 14.4 Å². The first-order chi connectivity index (χ1) is 13.6. The molecule has 1 saturated heterocycles. The van der Waals surface area contributed by atoms with E-state index in [4.69, 9.17) is 15.5 Å². The minimum absolute atomic E-state index is 0.0453. The van der Waals surface area contributed by atoms with Crippen molar-refractivity contribution in [3.05, 3.63) is 0 Å². The molecule has 5 aliphatic rings. The van der Waals surface area contributed by atoms with E-state index >= 15 is 0 Å². The van der Waals surface area contributed by atoms with E-state index in [-0.39, 0.29) is 17.5 Å². The molecule has 4 aliphatic carbocycles. The van der Waals surface area contributed by atoms with E-state index in [2.05, 4.69) is 11.4 Å². The molecule has 4 saturated carbocycles. The van der Waals surface area contributed by atoms with E-state index < -0.39 is 24.0 Å². The van der Waals surface area contributed by atoms with Crippen LogP contribution in [-0.2, 0) is 14.4 Å². The smallest absolute Gasteiger partial charge is 0.314 e. The number of likely N-dealkylation sites (tertiary alicyclic amines) is 1. The van der Waals surface area contributed by atoms with Crippen LogP contribution in [0.5, 0.6) is 0 Å². The molecule has 0 aromatic heterocycles. The number of aliphatic hydroxyl groups is 1. The summed E-state index contributed by atoms with van der Waals surface area (Å²) in [5.74, 6) is -1.34. The summed E-state index contributed by atoms with van der Waals surface area (Å²) in [6.07, 6.45) is 7.06. The molecule has 5 rings (SSSR count). The summed E-state index contributed by atoms with van der Waals surface area (Å²) in [5.41, 5.74) is -0.542. The number of carboxylic acids is 2. The van der Waals surface area contributed by atoms with E-state index in [1.165, 1.54) is 6.42 Å². The number of carbonyl (C=O) groups is 3. The van der Waals surface area contributed by atoms with Gasteiger partial charge >= 0.3 is 11.9 Å². The lowest BCUT2D eigenvalue weighted by Crippen LogP contribution is -2.65. The van der Waals surface area contributed by atoms with Gasteiger partial charge in [-0.25, -0.2) is 0 Å². The molecule has 9 nitrogen and oxygen atoms in total. The van der Waals surface area contributed by atoms with Crippen molar-refractivity contribution in [2.24, 2.45) is 11.8 Å². The number of rotatable bonds is 5. The monoisotopic (exact) mass is 407 g/mol. The number of nitrogens with one attached hydrogen (secondary N) is 1. The average molecular weight is 407 g/mol. The largest absolute Gasteiger partial charge is 0.481 e. The van der Waals surface area contributed by atoms with E-state index in [1.807, 2.05) is 0 Å². The summed E-state index contributed by atoms with van der Waals surface area (Å²) in [6.45, 7) is 1.02. The van der Waals surface area contributed by atoms with Crippen molar-refractivity contribution in [1.29, 1.82) is 5.26 Å². The van der Waals surface area contributed by atoms with Crippen molar-refractivity contribution in [2.75, 3.05) is 13.1 Å². The number of hydrogen-bond donors (Lipinski definition) is 4. The zero-order valence-electron chi connectivity index (χ0n) is 16.5. The first-order valence-corrected chi connectivity index (χ1v) is 10.2. The minimum atomic E-state index is -1.31. The Morgan fingerprint density at radius 2 is 1.72 bits per heavy atom. The molecule has 4 bridgehead atoms. The van der Waals surface area contributed by atoms with E-state index in [1.54, 1.807) is 4.90 Å². The van der Waals surface area contributed by atoms with Crippen molar-refractivity contribution >= 4 is 17.8 Å². The highest BCUT2D eigenvalue weighted by atomic mass is 16.4. The van der Waals surface area contributed by atoms with E-state index in [0.717, 1.165) is 44.9 Å². The van der Waals surface area contributed by atoms with Crippen molar-refractivity contribution in [3.63, 3.8) is 0 Å². The van der Waals surface area contributed by atoms with Crippen LogP contribution < -0.4 is 5.32 Å². The lowest BCUT2D eigenvalue weighted by atomic mass is 9.51. The van der Waals surface area contributed by atoms with Gasteiger partial charge in [0.05, 0.1) is 18.2 Å². The maximum absolute atomic E-state index is 12.4. The van der Waals surface area contributed by atoms with Crippen molar-refractivity contribution < 1.29 is 29.7 Å². The Hall–Kier alpha value is -2.18.